The maximum Gasteiger partial charge on any atom is 0.573 e. The fourth-order valence-corrected chi connectivity index (χ4v) is 1.68. The first-order chi connectivity index (χ1) is 6.83. The zero-order valence-corrected chi connectivity index (χ0v) is 9.90. The number of ether oxygens (including phenoxy) is 1. The van der Waals surface area contributed by atoms with Crippen LogP contribution in [0.25, 0.3) is 0 Å². The van der Waals surface area contributed by atoms with Crippen LogP contribution in [0.5, 0.6) is 5.75 Å². The average molecular weight is 353 g/mol. The molecule has 0 saturated carbocycles. The van der Waals surface area contributed by atoms with Crippen molar-refractivity contribution >= 4 is 34.2 Å². The lowest BCUT2D eigenvalue weighted by atomic mass is 10.3. The Labute approximate surface area is 101 Å². The first-order valence-electron chi connectivity index (χ1n) is 3.57. The lowest BCUT2D eigenvalue weighted by Crippen LogP contribution is -2.23. The Morgan fingerprint density at radius 1 is 1.53 bits per heavy atom. The largest absolute Gasteiger partial charge is 0.573 e. The second kappa shape index (κ2) is 4.60. The molecule has 0 atom stereocenters. The van der Waals surface area contributed by atoms with Crippen molar-refractivity contribution in [3.63, 3.8) is 0 Å². The Morgan fingerprint density at radius 3 is 2.60 bits per heavy atom. The molecular formula is C7H4ClF3INO2. The first kappa shape index (κ1) is 12.6. The predicted molar refractivity (Wildman–Crippen MR) is 56.0 cm³/mol. The van der Waals surface area contributed by atoms with Crippen LogP contribution in [0.4, 0.5) is 13.2 Å². The summed E-state index contributed by atoms with van der Waals surface area (Å²) in [6.07, 6.45) is -4.90. The van der Waals surface area contributed by atoms with Crippen molar-refractivity contribution in [3.05, 3.63) is 25.7 Å². The molecule has 1 aromatic rings. The van der Waals surface area contributed by atoms with Crippen molar-refractivity contribution in [3.8, 4) is 5.75 Å². The molecule has 0 aliphatic rings. The smallest absolute Gasteiger partial charge is 0.400 e. The molecule has 1 N–H and O–H groups in total. The lowest BCUT2D eigenvalue weighted by molar-refractivity contribution is -0.275. The summed E-state index contributed by atoms with van der Waals surface area (Å²) in [7, 11) is 0. The lowest BCUT2D eigenvalue weighted by Gasteiger charge is -2.11. The molecule has 8 heteroatoms. The van der Waals surface area contributed by atoms with Crippen LogP contribution in [-0.4, -0.2) is 11.3 Å². The molecule has 0 aliphatic heterocycles. The Morgan fingerprint density at radius 2 is 2.13 bits per heavy atom. The van der Waals surface area contributed by atoms with Crippen molar-refractivity contribution in [2.24, 2.45) is 0 Å². The SMILES string of the molecule is O=c1cc(I)[nH]c(CCl)c1OC(F)(F)F. The highest BCUT2D eigenvalue weighted by atomic mass is 127. The van der Waals surface area contributed by atoms with E-state index in [0.29, 0.717) is 3.70 Å². The monoisotopic (exact) mass is 353 g/mol. The molecule has 84 valence electrons. The first-order valence-corrected chi connectivity index (χ1v) is 5.18. The second-order valence-electron chi connectivity index (χ2n) is 2.47. The third-order valence-electron chi connectivity index (χ3n) is 1.38. The van der Waals surface area contributed by atoms with E-state index in [9.17, 15) is 18.0 Å². The third-order valence-corrected chi connectivity index (χ3v) is 2.23. The zero-order valence-electron chi connectivity index (χ0n) is 6.99. The molecule has 3 nitrogen and oxygen atoms in total. The number of pyridine rings is 1. The Hall–Kier alpha value is -0.440. The number of H-pyrrole nitrogens is 1. The summed E-state index contributed by atoms with van der Waals surface area (Å²) in [5.74, 6) is -1.07. The van der Waals surface area contributed by atoms with E-state index >= 15 is 0 Å². The van der Waals surface area contributed by atoms with Crippen LogP contribution >= 0.6 is 34.2 Å². The fourth-order valence-electron chi connectivity index (χ4n) is 0.888. The van der Waals surface area contributed by atoms with Gasteiger partial charge in [-0.15, -0.1) is 24.8 Å². The Kier molecular flexibility index (Phi) is 3.87. The highest BCUT2D eigenvalue weighted by Gasteiger charge is 2.33. The van der Waals surface area contributed by atoms with Gasteiger partial charge >= 0.3 is 6.36 Å². The standard InChI is InChI=1S/C7H4ClF3INO2/c8-2-3-6(15-7(9,10)11)4(14)1-5(12)13-3/h1H,2H2,(H,13,14). The van der Waals surface area contributed by atoms with Gasteiger partial charge in [-0.3, -0.25) is 4.79 Å². The van der Waals surface area contributed by atoms with E-state index in [-0.39, 0.29) is 11.6 Å². The number of halogens is 5. The molecule has 0 saturated heterocycles. The van der Waals surface area contributed by atoms with Crippen LogP contribution in [0.15, 0.2) is 10.9 Å². The number of alkyl halides is 4. The van der Waals surface area contributed by atoms with Gasteiger partial charge in [0.05, 0.1) is 15.3 Å². The molecule has 1 aromatic heterocycles. The van der Waals surface area contributed by atoms with E-state index in [1.54, 1.807) is 22.6 Å². The molecule has 0 unspecified atom stereocenters. The van der Waals surface area contributed by atoms with Gasteiger partial charge < -0.3 is 9.72 Å². The maximum absolute atomic E-state index is 11.9. The molecule has 0 spiro atoms. The topological polar surface area (TPSA) is 42.1 Å². The van der Waals surface area contributed by atoms with E-state index in [4.69, 9.17) is 11.6 Å². The maximum atomic E-state index is 11.9. The van der Waals surface area contributed by atoms with E-state index in [1.165, 1.54) is 0 Å². The van der Waals surface area contributed by atoms with Crippen LogP contribution in [0.2, 0.25) is 0 Å². The Balaban J connectivity index is 3.22. The number of aromatic nitrogens is 1. The summed E-state index contributed by atoms with van der Waals surface area (Å²) < 4.78 is 39.7. The molecule has 0 aromatic carbocycles. The molecule has 15 heavy (non-hydrogen) atoms. The van der Waals surface area contributed by atoms with Crippen molar-refractivity contribution in [1.29, 1.82) is 0 Å². The van der Waals surface area contributed by atoms with Gasteiger partial charge in [-0.05, 0) is 22.6 Å². The number of hydrogen-bond donors (Lipinski definition) is 1. The quantitative estimate of drug-likeness (QED) is 0.505. The highest BCUT2D eigenvalue weighted by Crippen LogP contribution is 2.23. The number of nitrogens with one attached hydrogen (secondary N) is 1. The van der Waals surface area contributed by atoms with Crippen molar-refractivity contribution in [1.82, 2.24) is 4.98 Å². The van der Waals surface area contributed by atoms with Crippen LogP contribution in [0.1, 0.15) is 5.69 Å². The normalized spacial score (nSPS) is 11.5. The van der Waals surface area contributed by atoms with Gasteiger partial charge in [0.2, 0.25) is 5.43 Å². The van der Waals surface area contributed by atoms with Gasteiger partial charge in [-0.2, -0.15) is 0 Å². The minimum Gasteiger partial charge on any atom is -0.400 e. The molecule has 1 heterocycles. The summed E-state index contributed by atoms with van der Waals surface area (Å²) >= 11 is 7.14. The predicted octanol–water partition coefficient (Wildman–Crippen LogP) is 2.62. The van der Waals surface area contributed by atoms with Gasteiger partial charge in [0.25, 0.3) is 0 Å². The number of hydrogen-bond acceptors (Lipinski definition) is 2. The van der Waals surface area contributed by atoms with Crippen molar-refractivity contribution in [2.45, 2.75) is 12.2 Å². The van der Waals surface area contributed by atoms with Crippen LogP contribution < -0.4 is 10.2 Å². The summed E-state index contributed by atoms with van der Waals surface area (Å²) in [6.45, 7) is 0. The molecule has 0 bridgehead atoms. The zero-order chi connectivity index (χ0) is 11.6. The number of rotatable bonds is 2. The summed E-state index contributed by atoms with van der Waals surface area (Å²) in [4.78, 5) is 13.7. The summed E-state index contributed by atoms with van der Waals surface area (Å²) in [5.41, 5.74) is -0.947. The van der Waals surface area contributed by atoms with E-state index in [1.807, 2.05) is 0 Å². The fraction of sp³-hybridized carbons (Fsp3) is 0.286. The Bertz CT molecular complexity index is 418. The molecular weight excluding hydrogens is 349 g/mol. The molecule has 0 radical (unpaired) electrons. The van der Waals surface area contributed by atoms with Gasteiger partial charge in [-0.1, -0.05) is 0 Å². The number of aromatic amines is 1. The van der Waals surface area contributed by atoms with Gasteiger partial charge in [0, 0.05) is 6.07 Å². The second-order valence-corrected chi connectivity index (χ2v) is 3.90. The highest BCUT2D eigenvalue weighted by molar-refractivity contribution is 14.1. The molecule has 0 fully saturated rings. The average Bonchev–Trinajstić information content (AvgIpc) is 2.07. The molecule has 0 amide bonds. The summed E-state index contributed by atoms with van der Waals surface area (Å²) in [5, 5.41) is 0. The summed E-state index contributed by atoms with van der Waals surface area (Å²) in [6, 6.07) is 0.998. The van der Waals surface area contributed by atoms with E-state index in [0.717, 1.165) is 6.07 Å². The molecule has 1 rings (SSSR count). The van der Waals surface area contributed by atoms with Gasteiger partial charge in [0.1, 0.15) is 0 Å². The van der Waals surface area contributed by atoms with Crippen molar-refractivity contribution < 1.29 is 17.9 Å². The molecule has 0 aliphatic carbocycles. The van der Waals surface area contributed by atoms with Crippen LogP contribution in [-0.2, 0) is 5.88 Å². The minimum absolute atomic E-state index is 0.0918. The van der Waals surface area contributed by atoms with Gasteiger partial charge in [-0.25, -0.2) is 0 Å². The van der Waals surface area contributed by atoms with Crippen LogP contribution in [0.3, 0.4) is 0 Å². The third kappa shape index (κ3) is 3.56. The minimum atomic E-state index is -4.90. The van der Waals surface area contributed by atoms with Gasteiger partial charge in [0.15, 0.2) is 5.75 Å². The van der Waals surface area contributed by atoms with E-state index in [2.05, 4.69) is 9.72 Å². The van der Waals surface area contributed by atoms with Crippen molar-refractivity contribution in [2.75, 3.05) is 0 Å². The van der Waals surface area contributed by atoms with E-state index < -0.39 is 17.5 Å². The van der Waals surface area contributed by atoms with Crippen LogP contribution in [0, 0.1) is 3.70 Å².